The SMILES string of the molecule is CN1CCCC(N2CCN(C(=O)Nc3cc(C4CC4)ccn3)CC2)C1. The number of aromatic nitrogens is 1. The van der Waals surface area contributed by atoms with Crippen LogP contribution in [0, 0.1) is 0 Å². The number of urea groups is 1. The Bertz CT molecular complexity index is 610. The number of likely N-dealkylation sites (N-methyl/N-ethyl adjacent to an activating group) is 1. The zero-order chi connectivity index (χ0) is 17.2. The number of piperazine rings is 1. The summed E-state index contributed by atoms with van der Waals surface area (Å²) >= 11 is 0. The maximum absolute atomic E-state index is 12.5. The lowest BCUT2D eigenvalue weighted by Gasteiger charge is -2.42. The van der Waals surface area contributed by atoms with Gasteiger partial charge in [0, 0.05) is 45.0 Å². The zero-order valence-electron chi connectivity index (χ0n) is 15.2. The normalized spacial score (nSPS) is 25.8. The number of hydrogen-bond acceptors (Lipinski definition) is 4. The van der Waals surface area contributed by atoms with E-state index in [1.807, 2.05) is 11.0 Å². The van der Waals surface area contributed by atoms with E-state index in [1.54, 1.807) is 6.20 Å². The van der Waals surface area contributed by atoms with E-state index in [0.717, 1.165) is 32.7 Å². The summed E-state index contributed by atoms with van der Waals surface area (Å²) in [5.41, 5.74) is 1.30. The monoisotopic (exact) mass is 343 g/mol. The van der Waals surface area contributed by atoms with Gasteiger partial charge in [0.05, 0.1) is 0 Å². The van der Waals surface area contributed by atoms with Crippen molar-refractivity contribution in [2.24, 2.45) is 0 Å². The van der Waals surface area contributed by atoms with E-state index in [4.69, 9.17) is 0 Å². The molecule has 3 aliphatic rings. The van der Waals surface area contributed by atoms with Crippen LogP contribution >= 0.6 is 0 Å². The maximum atomic E-state index is 12.5. The third-order valence-corrected chi connectivity index (χ3v) is 5.79. The maximum Gasteiger partial charge on any atom is 0.323 e. The van der Waals surface area contributed by atoms with Crippen LogP contribution in [0.2, 0.25) is 0 Å². The highest BCUT2D eigenvalue weighted by Gasteiger charge is 2.29. The van der Waals surface area contributed by atoms with E-state index >= 15 is 0 Å². The molecule has 1 aliphatic carbocycles. The van der Waals surface area contributed by atoms with Crippen LogP contribution in [-0.4, -0.2) is 78.1 Å². The molecule has 0 bridgehead atoms. The smallest absolute Gasteiger partial charge is 0.322 e. The van der Waals surface area contributed by atoms with E-state index < -0.39 is 0 Å². The molecule has 1 aromatic rings. The highest BCUT2D eigenvalue weighted by Crippen LogP contribution is 2.40. The summed E-state index contributed by atoms with van der Waals surface area (Å²) in [6.45, 7) is 5.92. The van der Waals surface area contributed by atoms with Crippen molar-refractivity contribution < 1.29 is 4.79 Å². The molecule has 3 fully saturated rings. The molecule has 2 saturated heterocycles. The predicted molar refractivity (Wildman–Crippen MR) is 98.9 cm³/mol. The second kappa shape index (κ2) is 7.30. The molecule has 1 aromatic heterocycles. The van der Waals surface area contributed by atoms with Gasteiger partial charge in [-0.15, -0.1) is 0 Å². The number of anilines is 1. The standard InChI is InChI=1S/C19H29N5O/c1-22-8-2-3-17(14-22)23-9-11-24(12-10-23)19(25)21-18-13-16(6-7-20-18)15-4-5-15/h6-7,13,15,17H,2-5,8-12,14H2,1H3,(H,20,21,25). The average molecular weight is 343 g/mol. The molecule has 25 heavy (non-hydrogen) atoms. The van der Waals surface area contributed by atoms with Crippen molar-refractivity contribution in [3.8, 4) is 0 Å². The van der Waals surface area contributed by atoms with Gasteiger partial charge in [-0.05, 0) is 62.9 Å². The number of hydrogen-bond donors (Lipinski definition) is 1. The van der Waals surface area contributed by atoms with E-state index in [0.29, 0.717) is 17.8 Å². The molecular formula is C19H29N5O. The lowest BCUT2D eigenvalue weighted by atomic mass is 10.0. The van der Waals surface area contributed by atoms with Gasteiger partial charge in [0.15, 0.2) is 0 Å². The number of piperidine rings is 1. The number of amides is 2. The van der Waals surface area contributed by atoms with Gasteiger partial charge in [-0.2, -0.15) is 0 Å². The first kappa shape index (κ1) is 16.8. The Labute approximate surface area is 150 Å². The minimum Gasteiger partial charge on any atom is -0.322 e. The first-order valence-electron chi connectivity index (χ1n) is 9.63. The fourth-order valence-electron chi connectivity index (χ4n) is 4.10. The van der Waals surface area contributed by atoms with Gasteiger partial charge in [-0.25, -0.2) is 9.78 Å². The number of nitrogens with zero attached hydrogens (tertiary/aromatic N) is 4. The van der Waals surface area contributed by atoms with Gasteiger partial charge < -0.3 is 9.80 Å². The van der Waals surface area contributed by atoms with Crippen molar-refractivity contribution in [2.45, 2.75) is 37.6 Å². The van der Waals surface area contributed by atoms with Gasteiger partial charge in [0.25, 0.3) is 0 Å². The van der Waals surface area contributed by atoms with Gasteiger partial charge in [-0.3, -0.25) is 10.2 Å². The minimum absolute atomic E-state index is 0.0131. The molecule has 1 saturated carbocycles. The van der Waals surface area contributed by atoms with Crippen molar-refractivity contribution in [2.75, 3.05) is 51.6 Å². The first-order valence-corrected chi connectivity index (χ1v) is 9.63. The molecule has 1 atom stereocenters. The van der Waals surface area contributed by atoms with Crippen LogP contribution in [0.3, 0.4) is 0 Å². The minimum atomic E-state index is -0.0131. The third kappa shape index (κ3) is 4.12. The summed E-state index contributed by atoms with van der Waals surface area (Å²) in [4.78, 5) is 23.8. The highest BCUT2D eigenvalue weighted by atomic mass is 16.2. The van der Waals surface area contributed by atoms with Crippen molar-refractivity contribution in [1.82, 2.24) is 19.7 Å². The third-order valence-electron chi connectivity index (χ3n) is 5.79. The van der Waals surface area contributed by atoms with Crippen molar-refractivity contribution in [1.29, 1.82) is 0 Å². The molecule has 2 amide bonds. The van der Waals surface area contributed by atoms with Crippen molar-refractivity contribution >= 4 is 11.8 Å². The van der Waals surface area contributed by atoms with E-state index in [1.165, 1.54) is 37.8 Å². The summed E-state index contributed by atoms with van der Waals surface area (Å²) in [5.74, 6) is 1.36. The predicted octanol–water partition coefficient (Wildman–Crippen LogP) is 2.20. The lowest BCUT2D eigenvalue weighted by Crippen LogP contribution is -2.56. The van der Waals surface area contributed by atoms with E-state index in [9.17, 15) is 4.79 Å². The molecule has 6 nitrogen and oxygen atoms in total. The Morgan fingerprint density at radius 2 is 1.96 bits per heavy atom. The van der Waals surface area contributed by atoms with Crippen LogP contribution < -0.4 is 5.32 Å². The van der Waals surface area contributed by atoms with Crippen LogP contribution in [-0.2, 0) is 0 Å². The Kier molecular flexibility index (Phi) is 4.90. The Hall–Kier alpha value is -1.66. The molecule has 3 heterocycles. The number of likely N-dealkylation sites (tertiary alicyclic amines) is 1. The summed E-state index contributed by atoms with van der Waals surface area (Å²) in [7, 11) is 2.21. The molecule has 1 unspecified atom stereocenters. The molecule has 2 aliphatic heterocycles. The van der Waals surface area contributed by atoms with Gasteiger partial charge in [-0.1, -0.05) is 0 Å². The van der Waals surface area contributed by atoms with Crippen LogP contribution in [0.4, 0.5) is 10.6 Å². The summed E-state index contributed by atoms with van der Waals surface area (Å²) < 4.78 is 0. The van der Waals surface area contributed by atoms with Gasteiger partial charge in [0.1, 0.15) is 5.82 Å². The van der Waals surface area contributed by atoms with Crippen LogP contribution in [0.1, 0.15) is 37.2 Å². The number of nitrogens with one attached hydrogen (secondary N) is 1. The van der Waals surface area contributed by atoms with Gasteiger partial charge >= 0.3 is 6.03 Å². The second-order valence-electron chi connectivity index (χ2n) is 7.76. The first-order chi connectivity index (χ1) is 12.2. The van der Waals surface area contributed by atoms with Crippen molar-refractivity contribution in [3.63, 3.8) is 0 Å². The molecule has 0 spiro atoms. The summed E-state index contributed by atoms with van der Waals surface area (Å²) in [6.07, 6.45) is 6.89. The molecule has 1 N–H and O–H groups in total. The van der Waals surface area contributed by atoms with Crippen LogP contribution in [0.15, 0.2) is 18.3 Å². The fourth-order valence-corrected chi connectivity index (χ4v) is 4.10. The number of pyridine rings is 1. The van der Waals surface area contributed by atoms with E-state index in [2.05, 4.69) is 33.2 Å². The number of rotatable bonds is 3. The largest absolute Gasteiger partial charge is 0.323 e. The summed E-state index contributed by atoms with van der Waals surface area (Å²) in [5, 5.41) is 2.99. The lowest BCUT2D eigenvalue weighted by molar-refractivity contribution is 0.0717. The van der Waals surface area contributed by atoms with Crippen LogP contribution in [0.25, 0.3) is 0 Å². The molecule has 0 aromatic carbocycles. The fraction of sp³-hybridized carbons (Fsp3) is 0.684. The van der Waals surface area contributed by atoms with Gasteiger partial charge in [0.2, 0.25) is 0 Å². The molecule has 136 valence electrons. The summed E-state index contributed by atoms with van der Waals surface area (Å²) in [6, 6.07) is 4.73. The van der Waals surface area contributed by atoms with Crippen molar-refractivity contribution in [3.05, 3.63) is 23.9 Å². The Morgan fingerprint density at radius 1 is 1.16 bits per heavy atom. The molecule has 4 rings (SSSR count). The molecular weight excluding hydrogens is 314 g/mol. The zero-order valence-corrected chi connectivity index (χ0v) is 15.2. The number of carbonyl (C=O) groups is 1. The number of carbonyl (C=O) groups excluding carboxylic acids is 1. The Morgan fingerprint density at radius 3 is 2.68 bits per heavy atom. The molecule has 0 radical (unpaired) electrons. The highest BCUT2D eigenvalue weighted by molar-refractivity contribution is 5.88. The Balaban J connectivity index is 1.28. The quantitative estimate of drug-likeness (QED) is 0.914. The second-order valence-corrected chi connectivity index (χ2v) is 7.76. The van der Waals surface area contributed by atoms with E-state index in [-0.39, 0.29) is 6.03 Å². The average Bonchev–Trinajstić information content (AvgIpc) is 3.47. The topological polar surface area (TPSA) is 51.7 Å². The van der Waals surface area contributed by atoms with Crippen LogP contribution in [0.5, 0.6) is 0 Å². The molecule has 6 heteroatoms.